The minimum absolute atomic E-state index is 0.162. The molecule has 0 aromatic heterocycles. The van der Waals surface area contributed by atoms with Gasteiger partial charge in [-0.05, 0) is 260 Å². The Labute approximate surface area is 607 Å². The van der Waals surface area contributed by atoms with Crippen LogP contribution in [0.3, 0.4) is 0 Å². The number of aliphatic hydroxyl groups excluding tert-OH is 1. The summed E-state index contributed by atoms with van der Waals surface area (Å²) in [5, 5.41) is 18.4. The van der Waals surface area contributed by atoms with Crippen LogP contribution in [0.2, 0.25) is 0 Å². The van der Waals surface area contributed by atoms with Crippen LogP contribution in [0.4, 0.5) is 0 Å². The predicted octanol–water partition coefficient (Wildman–Crippen LogP) is 32.4. The van der Waals surface area contributed by atoms with Gasteiger partial charge in [0.25, 0.3) is 0 Å². The van der Waals surface area contributed by atoms with Crippen LogP contribution in [0.5, 0.6) is 0 Å². The van der Waals surface area contributed by atoms with Crippen molar-refractivity contribution in [1.29, 1.82) is 0 Å². The van der Waals surface area contributed by atoms with Crippen molar-refractivity contribution in [3.63, 3.8) is 0 Å². The van der Waals surface area contributed by atoms with Gasteiger partial charge in [-0.25, -0.2) is 0 Å². The third kappa shape index (κ3) is 90.8. The second-order valence-electron chi connectivity index (χ2n) is 33.2. The first-order valence-electron chi connectivity index (χ1n) is 39.9. The zero-order chi connectivity index (χ0) is 75.0. The quantitative estimate of drug-likeness (QED) is 0.0596. The molecule has 0 fully saturated rings. The van der Waals surface area contributed by atoms with E-state index in [0.717, 1.165) is 87.4 Å². The van der Waals surface area contributed by atoms with Gasteiger partial charge in [0.15, 0.2) is 0 Å². The highest BCUT2D eigenvalue weighted by molar-refractivity contribution is 5.08. The van der Waals surface area contributed by atoms with Crippen molar-refractivity contribution in [3.8, 4) is 0 Å². The maximum atomic E-state index is 9.73. The standard InChI is InChI=1S/C16H34.C16H28.C16H34.C16H28.2C15H26O/c2*1-7-16(5,6)13-9-12-15(4)11-8-10-14(2)3;2*1-6-9-15(4)12-8-13-16(5)11-7-10-14(2)3;1-13(2)7-5-8-14(3)9-6-10-15(4)11-12-16;1-6-15(5,16)12-8-11-14(4)10-7-9-13(2)3/h14-15H,7-13H2,1-6H3;7,10,12H,1,8-9,11,13H2,2-6H3;14-16H,6-13H2,1-5H3;9-10,13H,6-8,11-12H2,1-5H3;7,9,11,16H,5-6,8,10,12H2,1-4H3;6,9,11,16H,1,7-8,10,12H2,2-5H3/b;15-12+;;15-9+,16-13+;14-9+,15-11+;14-11+. The second kappa shape index (κ2) is 68.9. The van der Waals surface area contributed by atoms with Gasteiger partial charge in [0.1, 0.15) is 0 Å². The molecule has 2 N–H and O–H groups in total. The van der Waals surface area contributed by atoms with Gasteiger partial charge in [0.2, 0.25) is 0 Å². The van der Waals surface area contributed by atoms with E-state index >= 15 is 0 Å². The minimum atomic E-state index is -0.726. The molecular weight excluding hydrogens is 1160 g/mol. The van der Waals surface area contributed by atoms with Gasteiger partial charge in [0, 0.05) is 0 Å². The molecule has 0 saturated carbocycles. The molecule has 564 valence electrons. The summed E-state index contributed by atoms with van der Waals surface area (Å²) < 4.78 is 0. The topological polar surface area (TPSA) is 40.5 Å². The number of hydrogen-bond acceptors (Lipinski definition) is 2. The van der Waals surface area contributed by atoms with Crippen LogP contribution in [-0.4, -0.2) is 22.4 Å². The molecule has 4 unspecified atom stereocenters. The van der Waals surface area contributed by atoms with Crippen LogP contribution in [-0.2, 0) is 0 Å². The van der Waals surface area contributed by atoms with Crippen LogP contribution in [0.1, 0.15) is 406 Å². The monoisotopic (exact) mass is 1340 g/mol. The molecule has 0 aliphatic carbocycles. The van der Waals surface area contributed by atoms with Crippen LogP contribution in [0.15, 0.2) is 142 Å². The zero-order valence-electron chi connectivity index (χ0n) is 71.0. The first kappa shape index (κ1) is 104. The van der Waals surface area contributed by atoms with E-state index in [0.29, 0.717) is 5.41 Å². The van der Waals surface area contributed by atoms with Gasteiger partial charge in [-0.1, -0.05) is 315 Å². The molecule has 0 heterocycles. The second-order valence-corrected chi connectivity index (χ2v) is 33.2. The summed E-state index contributed by atoms with van der Waals surface area (Å²) in [5.74, 6) is 4.61. The van der Waals surface area contributed by atoms with Gasteiger partial charge < -0.3 is 10.2 Å². The molecule has 0 aromatic carbocycles. The maximum absolute atomic E-state index is 9.73. The van der Waals surface area contributed by atoms with E-state index in [2.05, 4.69) is 268 Å². The van der Waals surface area contributed by atoms with E-state index < -0.39 is 5.60 Å². The molecule has 2 heteroatoms. The van der Waals surface area contributed by atoms with Crippen molar-refractivity contribution in [2.75, 3.05) is 6.61 Å². The van der Waals surface area contributed by atoms with Gasteiger partial charge in [-0.15, -0.1) is 13.2 Å². The van der Waals surface area contributed by atoms with Crippen molar-refractivity contribution in [2.24, 2.45) is 40.4 Å². The molecule has 0 spiro atoms. The minimum Gasteiger partial charge on any atom is -0.392 e. The number of rotatable bonds is 47. The summed E-state index contributed by atoms with van der Waals surface area (Å²) >= 11 is 0. The lowest BCUT2D eigenvalue weighted by atomic mass is 9.83. The fourth-order valence-corrected chi connectivity index (χ4v) is 10.7. The first-order valence-corrected chi connectivity index (χ1v) is 39.9. The van der Waals surface area contributed by atoms with E-state index in [1.54, 1.807) is 13.0 Å². The lowest BCUT2D eigenvalue weighted by Crippen LogP contribution is -2.19. The van der Waals surface area contributed by atoms with Crippen LogP contribution in [0, 0.1) is 40.4 Å². The lowest BCUT2D eigenvalue weighted by molar-refractivity contribution is 0.103. The molecular formula is C94H176O2. The molecule has 0 aliphatic rings. The Morgan fingerprint density at radius 3 is 0.927 bits per heavy atom. The first-order chi connectivity index (χ1) is 44.8. The number of hydrogen-bond donors (Lipinski definition) is 2. The summed E-state index contributed by atoms with van der Waals surface area (Å²) in [6.45, 7) is 72.5. The highest BCUT2D eigenvalue weighted by atomic mass is 16.3. The van der Waals surface area contributed by atoms with E-state index in [1.165, 1.54) is 203 Å². The van der Waals surface area contributed by atoms with Crippen LogP contribution >= 0.6 is 0 Å². The highest BCUT2D eigenvalue weighted by Crippen LogP contribution is 2.29. The SMILES string of the molecule is C=CC(C)(C)CC/C=C(\C)CCC=C(C)C.C=CC(C)(O)CC/C=C(\C)CCC=C(C)C.CC(C)=CCC/C(C)=C/CC/C(C)=C/CO.CC/C=C(\C)CC/C=C(\C)CCC=C(C)C.CCC(C)(C)CCCC(C)CCCC(C)C.CCCC(C)CCCC(C)CCCC(C)C. The predicted molar refractivity (Wildman–Crippen MR) is 448 cm³/mol. The van der Waals surface area contributed by atoms with Crippen molar-refractivity contribution in [3.05, 3.63) is 142 Å². The highest BCUT2D eigenvalue weighted by Gasteiger charge is 2.16. The number of aliphatic hydroxyl groups is 2. The van der Waals surface area contributed by atoms with Crippen molar-refractivity contribution < 1.29 is 10.2 Å². The van der Waals surface area contributed by atoms with Crippen molar-refractivity contribution >= 4 is 0 Å². The molecule has 0 aliphatic heterocycles. The van der Waals surface area contributed by atoms with Crippen molar-refractivity contribution in [1.82, 2.24) is 0 Å². The fourth-order valence-electron chi connectivity index (χ4n) is 10.7. The summed E-state index contributed by atoms with van der Waals surface area (Å²) in [7, 11) is 0. The van der Waals surface area contributed by atoms with E-state index in [-0.39, 0.29) is 12.0 Å². The summed E-state index contributed by atoms with van der Waals surface area (Å²) in [6.07, 6.45) is 66.6. The molecule has 0 saturated heterocycles. The van der Waals surface area contributed by atoms with E-state index in [1.807, 2.05) is 6.08 Å². The van der Waals surface area contributed by atoms with E-state index in [9.17, 15) is 5.11 Å². The third-order valence-corrected chi connectivity index (χ3v) is 18.5. The Morgan fingerprint density at radius 1 is 0.344 bits per heavy atom. The molecule has 2 nitrogen and oxygen atoms in total. The molecule has 0 rings (SSSR count). The van der Waals surface area contributed by atoms with Gasteiger partial charge in [-0.2, -0.15) is 0 Å². The molecule has 0 radical (unpaired) electrons. The average Bonchev–Trinajstić information content (AvgIpc) is 2.70. The number of allylic oxidation sites excluding steroid dienone is 20. The largest absolute Gasteiger partial charge is 0.392 e. The normalized spacial score (nSPS) is 13.9. The Bertz CT molecular complexity index is 2010. The molecule has 0 bridgehead atoms. The summed E-state index contributed by atoms with van der Waals surface area (Å²) in [6, 6.07) is 0. The Kier molecular flexibility index (Phi) is 74.5. The Balaban J connectivity index is -0.000000253. The van der Waals surface area contributed by atoms with Crippen LogP contribution < -0.4 is 0 Å². The maximum Gasteiger partial charge on any atom is 0.0800 e. The Morgan fingerprint density at radius 2 is 0.635 bits per heavy atom. The average molecular weight is 1340 g/mol. The molecule has 4 atom stereocenters. The molecule has 96 heavy (non-hydrogen) atoms. The summed E-state index contributed by atoms with van der Waals surface area (Å²) in [5.41, 5.74) is 14.4. The van der Waals surface area contributed by atoms with Gasteiger partial charge >= 0.3 is 0 Å². The van der Waals surface area contributed by atoms with Gasteiger partial charge in [-0.3, -0.25) is 0 Å². The van der Waals surface area contributed by atoms with E-state index in [4.69, 9.17) is 5.11 Å². The molecule has 0 amide bonds. The smallest absolute Gasteiger partial charge is 0.0800 e. The molecule has 0 aromatic rings. The van der Waals surface area contributed by atoms with Crippen LogP contribution in [0.25, 0.3) is 0 Å². The Hall–Kier alpha value is -3.20. The van der Waals surface area contributed by atoms with Crippen molar-refractivity contribution in [2.45, 2.75) is 412 Å². The zero-order valence-corrected chi connectivity index (χ0v) is 71.0. The lowest BCUT2D eigenvalue weighted by Gasteiger charge is -2.23. The fraction of sp³-hybridized carbons (Fsp3) is 0.745. The van der Waals surface area contributed by atoms with Gasteiger partial charge in [0.05, 0.1) is 12.2 Å². The third-order valence-electron chi connectivity index (χ3n) is 18.5. The summed E-state index contributed by atoms with van der Waals surface area (Å²) in [4.78, 5) is 0.